The van der Waals surface area contributed by atoms with E-state index in [1.807, 2.05) is 6.08 Å². The third-order valence-corrected chi connectivity index (χ3v) is 4.27. The summed E-state index contributed by atoms with van der Waals surface area (Å²) in [7, 11) is 1.48. The number of carbonyl (C=O) groups excluding carboxylic acids is 1. The molecule has 3 nitrogen and oxygen atoms in total. The van der Waals surface area contributed by atoms with Gasteiger partial charge in [-0.15, -0.1) is 0 Å². The number of hydrogen-bond acceptors (Lipinski definition) is 3. The number of carbonyl (C=O) groups is 1. The number of nitrogens with zero attached hydrogens (tertiary/aromatic N) is 1. The maximum atomic E-state index is 12.1. The van der Waals surface area contributed by atoms with Crippen molar-refractivity contribution in [3.8, 4) is 0 Å². The van der Waals surface area contributed by atoms with Crippen LogP contribution in [-0.4, -0.2) is 31.1 Å². The number of allylic oxidation sites excluding steroid dienone is 2. The summed E-state index contributed by atoms with van der Waals surface area (Å²) >= 11 is 0. The van der Waals surface area contributed by atoms with E-state index < -0.39 is 0 Å². The predicted molar refractivity (Wildman–Crippen MR) is 81.3 cm³/mol. The summed E-state index contributed by atoms with van der Waals surface area (Å²) in [5, 5.41) is 0. The lowest BCUT2D eigenvalue weighted by Crippen LogP contribution is -2.31. The molecule has 1 fully saturated rings. The molecule has 112 valence electrons. The molecule has 0 aromatic carbocycles. The van der Waals surface area contributed by atoms with Crippen LogP contribution in [0.1, 0.15) is 57.8 Å². The zero-order valence-electron chi connectivity index (χ0n) is 12.7. The number of hydrogen-bond donors (Lipinski definition) is 0. The minimum atomic E-state index is -0.178. The molecule has 3 heteroatoms. The molecule has 0 aromatic heterocycles. The molecule has 0 atom stereocenters. The minimum Gasteiger partial charge on any atom is -0.465 e. The van der Waals surface area contributed by atoms with E-state index in [-0.39, 0.29) is 5.97 Å². The summed E-state index contributed by atoms with van der Waals surface area (Å²) in [4.78, 5) is 14.5. The van der Waals surface area contributed by atoms with Crippen molar-refractivity contribution in [3.63, 3.8) is 0 Å². The highest BCUT2D eigenvalue weighted by atomic mass is 16.5. The minimum absolute atomic E-state index is 0.178. The van der Waals surface area contributed by atoms with Gasteiger partial charge in [0.1, 0.15) is 0 Å². The van der Waals surface area contributed by atoms with Crippen molar-refractivity contribution < 1.29 is 9.53 Å². The van der Waals surface area contributed by atoms with Crippen molar-refractivity contribution in [2.75, 3.05) is 20.2 Å². The van der Waals surface area contributed by atoms with Gasteiger partial charge in [-0.25, -0.2) is 4.79 Å². The molecule has 2 rings (SSSR count). The molecule has 0 radical (unpaired) electrons. The van der Waals surface area contributed by atoms with Gasteiger partial charge in [0.25, 0.3) is 0 Å². The zero-order chi connectivity index (χ0) is 14.2. The van der Waals surface area contributed by atoms with E-state index in [0.717, 1.165) is 31.5 Å². The van der Waals surface area contributed by atoms with Gasteiger partial charge in [-0.2, -0.15) is 0 Å². The smallest absolute Gasteiger partial charge is 0.339 e. The van der Waals surface area contributed by atoms with Crippen LogP contribution in [0.15, 0.2) is 23.4 Å². The van der Waals surface area contributed by atoms with Crippen molar-refractivity contribution in [3.05, 3.63) is 23.4 Å². The first-order valence-corrected chi connectivity index (χ1v) is 8.06. The number of piperidine rings is 1. The van der Waals surface area contributed by atoms with Crippen molar-refractivity contribution in [1.82, 2.24) is 4.90 Å². The van der Waals surface area contributed by atoms with Crippen molar-refractivity contribution in [2.45, 2.75) is 57.8 Å². The molecule has 0 aromatic rings. The number of esters is 1. The first-order chi connectivity index (χ1) is 9.83. The van der Waals surface area contributed by atoms with Crippen LogP contribution in [0.2, 0.25) is 0 Å². The fraction of sp³-hybridized carbons (Fsp3) is 0.706. The van der Waals surface area contributed by atoms with Gasteiger partial charge >= 0.3 is 5.97 Å². The van der Waals surface area contributed by atoms with Gasteiger partial charge in [-0.1, -0.05) is 18.9 Å². The Labute approximate surface area is 122 Å². The van der Waals surface area contributed by atoms with Crippen LogP contribution in [0.3, 0.4) is 0 Å². The van der Waals surface area contributed by atoms with Crippen LogP contribution < -0.4 is 0 Å². The van der Waals surface area contributed by atoms with Crippen LogP contribution in [0.4, 0.5) is 0 Å². The van der Waals surface area contributed by atoms with Crippen LogP contribution in [0.25, 0.3) is 0 Å². The Balaban J connectivity index is 2.27. The van der Waals surface area contributed by atoms with E-state index in [9.17, 15) is 4.79 Å². The lowest BCUT2D eigenvalue weighted by Gasteiger charge is -2.32. The van der Waals surface area contributed by atoms with E-state index in [1.165, 1.54) is 57.8 Å². The number of likely N-dealkylation sites (tertiary alicyclic amines) is 1. The Hall–Kier alpha value is -1.25. The summed E-state index contributed by atoms with van der Waals surface area (Å²) in [6.07, 6.45) is 15.0. The van der Waals surface area contributed by atoms with E-state index in [4.69, 9.17) is 4.74 Å². The van der Waals surface area contributed by atoms with Gasteiger partial charge in [-0.3, -0.25) is 0 Å². The molecule has 1 heterocycles. The summed E-state index contributed by atoms with van der Waals surface area (Å²) in [6, 6.07) is 0. The SMILES string of the molecule is COC(=O)C1=C(\N2CCCCC2)CCCCCC\C=C\1. The van der Waals surface area contributed by atoms with Crippen molar-refractivity contribution in [1.29, 1.82) is 0 Å². The van der Waals surface area contributed by atoms with Crippen LogP contribution in [0, 0.1) is 0 Å². The Morgan fingerprint density at radius 1 is 1.05 bits per heavy atom. The monoisotopic (exact) mass is 277 g/mol. The largest absolute Gasteiger partial charge is 0.465 e. The Kier molecular flexibility index (Phi) is 6.16. The van der Waals surface area contributed by atoms with E-state index in [0.29, 0.717) is 0 Å². The van der Waals surface area contributed by atoms with Gasteiger partial charge in [0, 0.05) is 18.8 Å². The highest BCUT2D eigenvalue weighted by Gasteiger charge is 2.20. The number of rotatable bonds is 2. The second-order valence-corrected chi connectivity index (χ2v) is 5.75. The predicted octanol–water partition coefficient (Wildman–Crippen LogP) is 3.81. The third-order valence-electron chi connectivity index (χ3n) is 4.27. The maximum Gasteiger partial charge on any atom is 0.339 e. The van der Waals surface area contributed by atoms with Crippen molar-refractivity contribution >= 4 is 5.97 Å². The Bertz CT molecular complexity index is 378. The molecule has 0 unspecified atom stereocenters. The quantitative estimate of drug-likeness (QED) is 0.719. The van der Waals surface area contributed by atoms with E-state index in [1.54, 1.807) is 0 Å². The highest BCUT2D eigenvalue weighted by Crippen LogP contribution is 2.25. The third kappa shape index (κ3) is 4.12. The molecule has 1 aliphatic carbocycles. The first-order valence-electron chi connectivity index (χ1n) is 8.06. The first kappa shape index (κ1) is 15.1. The van der Waals surface area contributed by atoms with Gasteiger partial charge in [0.2, 0.25) is 0 Å². The van der Waals surface area contributed by atoms with Gasteiger partial charge in [0.15, 0.2) is 0 Å². The normalized spacial score (nSPS) is 26.9. The molecule has 20 heavy (non-hydrogen) atoms. The van der Waals surface area contributed by atoms with Crippen molar-refractivity contribution in [2.24, 2.45) is 0 Å². The van der Waals surface area contributed by atoms with Crippen LogP contribution in [-0.2, 0) is 9.53 Å². The molecular weight excluding hydrogens is 250 g/mol. The van der Waals surface area contributed by atoms with E-state index in [2.05, 4.69) is 11.0 Å². The fourth-order valence-corrected chi connectivity index (χ4v) is 3.13. The van der Waals surface area contributed by atoms with Gasteiger partial charge < -0.3 is 9.64 Å². The standard InChI is InChI=1S/C17H27NO2/c1-20-17(19)15-11-7-4-2-3-5-8-12-16(15)18-13-9-6-10-14-18/h7,11H,2-6,8-10,12-14H2,1H3/b11-7+,16-15-. The summed E-state index contributed by atoms with van der Waals surface area (Å²) < 4.78 is 5.00. The summed E-state index contributed by atoms with van der Waals surface area (Å²) in [5.74, 6) is -0.178. The molecule has 1 aliphatic heterocycles. The zero-order valence-corrected chi connectivity index (χ0v) is 12.7. The molecular formula is C17H27NO2. The summed E-state index contributed by atoms with van der Waals surface area (Å²) in [5.41, 5.74) is 2.01. The highest BCUT2D eigenvalue weighted by molar-refractivity contribution is 5.92. The molecule has 1 saturated heterocycles. The summed E-state index contributed by atoms with van der Waals surface area (Å²) in [6.45, 7) is 2.17. The van der Waals surface area contributed by atoms with Crippen LogP contribution in [0.5, 0.6) is 0 Å². The number of ether oxygens (including phenoxy) is 1. The van der Waals surface area contributed by atoms with Gasteiger partial charge in [-0.05, 0) is 51.0 Å². The lowest BCUT2D eigenvalue weighted by atomic mass is 10.00. The molecule has 0 N–H and O–H groups in total. The molecule has 0 bridgehead atoms. The van der Waals surface area contributed by atoms with E-state index >= 15 is 0 Å². The molecule has 0 spiro atoms. The average Bonchev–Trinajstić information content (AvgIpc) is 2.52. The topological polar surface area (TPSA) is 29.5 Å². The van der Waals surface area contributed by atoms with Crippen LogP contribution >= 0.6 is 0 Å². The number of methoxy groups -OCH3 is 1. The second kappa shape index (κ2) is 8.13. The molecule has 0 amide bonds. The molecule has 0 saturated carbocycles. The second-order valence-electron chi connectivity index (χ2n) is 5.75. The lowest BCUT2D eigenvalue weighted by molar-refractivity contribution is -0.135. The molecule has 2 aliphatic rings. The Morgan fingerprint density at radius 2 is 1.75 bits per heavy atom. The Morgan fingerprint density at radius 3 is 2.50 bits per heavy atom. The van der Waals surface area contributed by atoms with Gasteiger partial charge in [0.05, 0.1) is 12.7 Å². The maximum absolute atomic E-state index is 12.1. The average molecular weight is 277 g/mol. The fourth-order valence-electron chi connectivity index (χ4n) is 3.13.